The Morgan fingerprint density at radius 2 is 1.48 bits per heavy atom. The largest absolute Gasteiger partial charge is 0.377 e. The molecule has 0 unspecified atom stereocenters. The van der Waals surface area contributed by atoms with Crippen molar-refractivity contribution >= 4 is 39.8 Å². The van der Waals surface area contributed by atoms with Crippen LogP contribution in [-0.4, -0.2) is 96.5 Å². The van der Waals surface area contributed by atoms with E-state index in [4.69, 9.17) is 4.74 Å². The highest BCUT2D eigenvalue weighted by Crippen LogP contribution is 2.42. The van der Waals surface area contributed by atoms with Crippen molar-refractivity contribution in [3.05, 3.63) is 71.5 Å². The van der Waals surface area contributed by atoms with Gasteiger partial charge >= 0.3 is 6.03 Å². The molecule has 2 amide bonds. The Hall–Kier alpha value is -3.18. The zero-order valence-electron chi connectivity index (χ0n) is 26.5. The van der Waals surface area contributed by atoms with Crippen molar-refractivity contribution in [3.8, 4) is 0 Å². The number of urea groups is 1. The highest BCUT2D eigenvalue weighted by Gasteiger charge is 2.34. The van der Waals surface area contributed by atoms with Crippen LogP contribution in [0.1, 0.15) is 46.1 Å². The van der Waals surface area contributed by atoms with Crippen molar-refractivity contribution in [1.82, 2.24) is 19.8 Å². The summed E-state index contributed by atoms with van der Waals surface area (Å²) in [6, 6.07) is 17.4. The Morgan fingerprint density at radius 3 is 2.09 bits per heavy atom. The molecule has 2 aromatic rings. The van der Waals surface area contributed by atoms with Gasteiger partial charge in [-0.3, -0.25) is 5.01 Å². The standard InChI is InChI=1S/C34H47N7O2S/c1-5-37-16-18-38(19-17-37)31-14-12-30(13-15-31)36-34(42)35-29-10-8-28(9-11-29)32-22-39(41-25(2)6-7-26(41)3)23-33(44-32)40-20-21-43-24-27(40)4/h8-15,22-23,25-27H,5-7,16-21,24H2,1-4H3,(H2,35,36,42)/t25-,26+,27-/m1/s1. The number of benzene rings is 2. The number of anilines is 3. The second kappa shape index (κ2) is 13.9. The van der Waals surface area contributed by atoms with E-state index >= 15 is 0 Å². The Morgan fingerprint density at radius 1 is 0.841 bits per heavy atom. The van der Waals surface area contributed by atoms with Crippen LogP contribution in [0.3, 0.4) is 0 Å². The Bertz CT molecular complexity index is 1330. The lowest BCUT2D eigenvalue weighted by Crippen LogP contribution is -2.46. The summed E-state index contributed by atoms with van der Waals surface area (Å²) in [6.45, 7) is 16.8. The summed E-state index contributed by atoms with van der Waals surface area (Å²) in [5.41, 5.74) is 3.87. The van der Waals surface area contributed by atoms with Crippen LogP contribution in [0, 0.1) is 0 Å². The summed E-state index contributed by atoms with van der Waals surface area (Å²) in [5, 5.41) is 12.1. The molecule has 3 saturated heterocycles. The number of ether oxygens (including phenoxy) is 1. The molecule has 0 spiro atoms. The topological polar surface area (TPSA) is 66.6 Å². The summed E-state index contributed by atoms with van der Waals surface area (Å²) in [5.74, 6) is 0. The average molecular weight is 618 g/mol. The molecular weight excluding hydrogens is 570 g/mol. The van der Waals surface area contributed by atoms with Crippen molar-refractivity contribution in [3.63, 3.8) is 0 Å². The van der Waals surface area contributed by atoms with Gasteiger partial charge in [-0.15, -0.1) is 0 Å². The van der Waals surface area contributed by atoms with Gasteiger partial charge in [-0.2, -0.15) is 0 Å². The van der Waals surface area contributed by atoms with Crippen molar-refractivity contribution in [2.45, 2.75) is 58.7 Å². The number of hydrazine groups is 1. The van der Waals surface area contributed by atoms with Crippen LogP contribution in [0.25, 0.3) is 4.91 Å². The monoisotopic (exact) mass is 617 g/mol. The lowest BCUT2D eigenvalue weighted by atomic mass is 10.2. The molecule has 2 N–H and O–H groups in total. The lowest BCUT2D eigenvalue weighted by Gasteiger charge is -2.42. The molecule has 4 heterocycles. The first kappa shape index (κ1) is 30.8. The summed E-state index contributed by atoms with van der Waals surface area (Å²) in [4.78, 5) is 21.4. The van der Waals surface area contributed by atoms with Crippen LogP contribution >= 0.6 is 11.8 Å². The van der Waals surface area contributed by atoms with Crippen molar-refractivity contribution in [2.24, 2.45) is 0 Å². The van der Waals surface area contributed by atoms with Gasteiger partial charge in [0.1, 0.15) is 0 Å². The molecule has 44 heavy (non-hydrogen) atoms. The van der Waals surface area contributed by atoms with E-state index in [0.29, 0.717) is 18.1 Å². The number of rotatable bonds is 7. The van der Waals surface area contributed by atoms with E-state index in [1.165, 1.54) is 28.5 Å². The van der Waals surface area contributed by atoms with Gasteiger partial charge in [0.25, 0.3) is 0 Å². The molecule has 6 rings (SSSR count). The van der Waals surface area contributed by atoms with E-state index < -0.39 is 0 Å². The first-order chi connectivity index (χ1) is 21.4. The smallest absolute Gasteiger partial charge is 0.323 e. The molecule has 4 aliphatic heterocycles. The maximum Gasteiger partial charge on any atom is 0.323 e. The number of likely N-dealkylation sites (N-methyl/N-ethyl adjacent to an activating group) is 1. The Balaban J connectivity index is 1.10. The maximum atomic E-state index is 12.8. The molecule has 0 bridgehead atoms. The Kier molecular flexibility index (Phi) is 9.71. The fourth-order valence-electron chi connectivity index (χ4n) is 6.62. The third kappa shape index (κ3) is 7.04. The van der Waals surface area contributed by atoms with Crippen molar-refractivity contribution in [1.29, 1.82) is 0 Å². The molecule has 0 aliphatic carbocycles. The first-order valence-corrected chi connectivity index (χ1v) is 17.0. The lowest BCUT2D eigenvalue weighted by molar-refractivity contribution is 0.00963. The van der Waals surface area contributed by atoms with Gasteiger partial charge in [-0.1, -0.05) is 30.8 Å². The van der Waals surface area contributed by atoms with Crippen molar-refractivity contribution in [2.75, 3.05) is 68.0 Å². The first-order valence-electron chi connectivity index (χ1n) is 16.2. The van der Waals surface area contributed by atoms with Crippen molar-refractivity contribution < 1.29 is 9.53 Å². The molecule has 0 saturated carbocycles. The minimum atomic E-state index is -0.247. The molecular formula is C34H47N7O2S. The molecule has 10 heteroatoms. The van der Waals surface area contributed by atoms with Gasteiger partial charge in [-0.05, 0) is 82.1 Å². The normalized spacial score (nSPS) is 25.1. The fourth-order valence-corrected chi connectivity index (χ4v) is 7.80. The summed E-state index contributed by atoms with van der Waals surface area (Å²) in [6.07, 6.45) is 6.97. The number of hydrogen-bond acceptors (Lipinski definition) is 8. The minimum Gasteiger partial charge on any atom is -0.377 e. The van der Waals surface area contributed by atoms with E-state index in [0.717, 1.165) is 69.4 Å². The molecule has 3 fully saturated rings. The van der Waals surface area contributed by atoms with Gasteiger partial charge in [0.2, 0.25) is 0 Å². The number of hydrogen-bond donors (Lipinski definition) is 2. The van der Waals surface area contributed by atoms with Crippen LogP contribution in [0.15, 0.2) is 66.0 Å². The predicted molar refractivity (Wildman–Crippen MR) is 182 cm³/mol. The summed E-state index contributed by atoms with van der Waals surface area (Å²) >= 11 is 1.81. The van der Waals surface area contributed by atoms with E-state index in [1.807, 2.05) is 36.0 Å². The average Bonchev–Trinajstić information content (AvgIpc) is 3.39. The second-order valence-corrected chi connectivity index (χ2v) is 13.4. The van der Waals surface area contributed by atoms with Crippen LogP contribution in [-0.2, 0) is 4.74 Å². The number of morpholine rings is 1. The molecule has 3 atom stereocenters. The van der Waals surface area contributed by atoms with Crippen LogP contribution in [0.2, 0.25) is 0 Å². The molecule has 0 aromatic heterocycles. The number of piperazine rings is 1. The van der Waals surface area contributed by atoms with E-state index in [1.54, 1.807) is 0 Å². The summed E-state index contributed by atoms with van der Waals surface area (Å²) in [7, 11) is 0. The number of carbonyl (C=O) groups is 1. The maximum absolute atomic E-state index is 12.8. The highest BCUT2D eigenvalue weighted by molar-refractivity contribution is 8.11. The van der Waals surface area contributed by atoms with Gasteiger partial charge in [0.15, 0.2) is 0 Å². The van der Waals surface area contributed by atoms with Gasteiger partial charge in [0.05, 0.1) is 30.5 Å². The Labute approximate surface area is 266 Å². The SMILES string of the molecule is CCN1CCN(c2ccc(NC(=O)Nc3ccc(C4=CN(N5[C@H](C)CC[C@@H]5C)C=C(N5CCOC[C@H]5C)S4)cc3)cc2)CC1. The number of thioether (sulfide) groups is 1. The van der Waals surface area contributed by atoms with E-state index in [9.17, 15) is 4.79 Å². The molecule has 9 nitrogen and oxygen atoms in total. The van der Waals surface area contributed by atoms with E-state index in [2.05, 4.69) is 99.7 Å². The van der Waals surface area contributed by atoms with Gasteiger partial charge in [0, 0.05) is 73.0 Å². The summed E-state index contributed by atoms with van der Waals surface area (Å²) < 4.78 is 5.73. The van der Waals surface area contributed by atoms with Crippen LogP contribution in [0.5, 0.6) is 0 Å². The van der Waals surface area contributed by atoms with Gasteiger partial charge < -0.3 is 30.1 Å². The number of amides is 2. The molecule has 2 aromatic carbocycles. The third-order valence-electron chi connectivity index (χ3n) is 9.27. The number of carbonyl (C=O) groups excluding carboxylic acids is 1. The van der Waals surface area contributed by atoms with Crippen LogP contribution < -0.4 is 15.5 Å². The predicted octanol–water partition coefficient (Wildman–Crippen LogP) is 6.13. The number of nitrogens with one attached hydrogen (secondary N) is 2. The zero-order chi connectivity index (χ0) is 30.6. The van der Waals surface area contributed by atoms with Gasteiger partial charge in [-0.25, -0.2) is 9.80 Å². The van der Waals surface area contributed by atoms with E-state index in [-0.39, 0.29) is 6.03 Å². The molecule has 236 valence electrons. The molecule has 4 aliphatic rings. The number of nitrogens with zero attached hydrogens (tertiary/aromatic N) is 5. The fraction of sp³-hybridized carbons (Fsp3) is 0.500. The molecule has 0 radical (unpaired) electrons. The third-order valence-corrected chi connectivity index (χ3v) is 10.4. The quantitative estimate of drug-likeness (QED) is 0.385. The zero-order valence-corrected chi connectivity index (χ0v) is 27.4. The highest BCUT2D eigenvalue weighted by atomic mass is 32.2. The second-order valence-electron chi connectivity index (χ2n) is 12.3. The van der Waals surface area contributed by atoms with Crippen LogP contribution in [0.4, 0.5) is 21.9 Å². The minimum absolute atomic E-state index is 0.247.